The molecule has 0 fully saturated rings. The van der Waals surface area contributed by atoms with Gasteiger partial charge >= 0.3 is 5.97 Å². The summed E-state index contributed by atoms with van der Waals surface area (Å²) in [7, 11) is 0. The molecule has 0 aliphatic carbocycles. The number of benzene rings is 1. The highest BCUT2D eigenvalue weighted by atomic mass is 32.1. The quantitative estimate of drug-likeness (QED) is 0.831. The van der Waals surface area contributed by atoms with Crippen LogP contribution in [-0.4, -0.2) is 23.5 Å². The van der Waals surface area contributed by atoms with Crippen molar-refractivity contribution in [1.29, 1.82) is 0 Å². The zero-order valence-corrected chi connectivity index (χ0v) is 13.4. The van der Waals surface area contributed by atoms with E-state index in [-0.39, 0.29) is 18.3 Å². The van der Waals surface area contributed by atoms with Crippen molar-refractivity contribution in [3.63, 3.8) is 0 Å². The monoisotopic (exact) mass is 318 g/mol. The first-order chi connectivity index (χ1) is 10.6. The topological polar surface area (TPSA) is 68.3 Å². The molecule has 5 nitrogen and oxygen atoms in total. The van der Waals surface area contributed by atoms with E-state index < -0.39 is 0 Å². The number of thiazole rings is 1. The van der Waals surface area contributed by atoms with Crippen LogP contribution in [0.15, 0.2) is 30.3 Å². The van der Waals surface area contributed by atoms with Gasteiger partial charge in [0.1, 0.15) is 9.88 Å². The smallest absolute Gasteiger partial charge is 0.350 e. The lowest BCUT2D eigenvalue weighted by molar-refractivity contribution is -0.120. The van der Waals surface area contributed by atoms with Gasteiger partial charge in [-0.3, -0.25) is 4.79 Å². The third-order valence-corrected chi connectivity index (χ3v) is 4.08. The Hall–Kier alpha value is -2.21. The van der Waals surface area contributed by atoms with Crippen molar-refractivity contribution in [3.8, 4) is 0 Å². The van der Waals surface area contributed by atoms with Gasteiger partial charge in [0.15, 0.2) is 0 Å². The number of amides is 1. The highest BCUT2D eigenvalue weighted by molar-refractivity contribution is 7.13. The number of rotatable bonds is 6. The molecule has 0 bridgehead atoms. The molecule has 1 N–H and O–H groups in total. The predicted octanol–water partition coefficient (Wildman–Crippen LogP) is 2.49. The molecule has 2 aromatic rings. The molecule has 0 aliphatic heterocycles. The van der Waals surface area contributed by atoms with Crippen LogP contribution in [0.1, 0.15) is 32.9 Å². The van der Waals surface area contributed by atoms with Gasteiger partial charge < -0.3 is 10.1 Å². The van der Waals surface area contributed by atoms with Crippen molar-refractivity contribution in [2.75, 3.05) is 6.61 Å². The van der Waals surface area contributed by atoms with Crippen molar-refractivity contribution >= 4 is 23.2 Å². The van der Waals surface area contributed by atoms with Gasteiger partial charge in [-0.1, -0.05) is 30.3 Å². The minimum Gasteiger partial charge on any atom is -0.462 e. The Morgan fingerprint density at radius 3 is 2.68 bits per heavy atom. The number of aryl methyl sites for hydroxylation is 1. The van der Waals surface area contributed by atoms with Crippen LogP contribution in [-0.2, 0) is 22.5 Å². The number of carbonyl (C=O) groups excluding carboxylic acids is 2. The first kappa shape index (κ1) is 16.2. The molecule has 0 radical (unpaired) electrons. The zero-order valence-electron chi connectivity index (χ0n) is 12.6. The minimum absolute atomic E-state index is 0.118. The number of hydrogen-bond donors (Lipinski definition) is 1. The Morgan fingerprint density at radius 2 is 2.00 bits per heavy atom. The van der Waals surface area contributed by atoms with E-state index in [0.717, 1.165) is 5.56 Å². The largest absolute Gasteiger partial charge is 0.462 e. The summed E-state index contributed by atoms with van der Waals surface area (Å²) in [6.07, 6.45) is 0.164. The lowest BCUT2D eigenvalue weighted by atomic mass is 10.2. The van der Waals surface area contributed by atoms with Crippen LogP contribution in [0.5, 0.6) is 0 Å². The number of nitrogens with one attached hydrogen (secondary N) is 1. The Labute approximate surface area is 133 Å². The van der Waals surface area contributed by atoms with Crippen LogP contribution in [0.2, 0.25) is 0 Å². The van der Waals surface area contributed by atoms with E-state index in [2.05, 4.69) is 10.3 Å². The average Bonchev–Trinajstić information content (AvgIpc) is 2.87. The second-order valence-electron chi connectivity index (χ2n) is 4.68. The van der Waals surface area contributed by atoms with Gasteiger partial charge in [-0.15, -0.1) is 11.3 Å². The van der Waals surface area contributed by atoms with Crippen LogP contribution in [0, 0.1) is 6.92 Å². The molecule has 1 aromatic carbocycles. The van der Waals surface area contributed by atoms with E-state index in [0.29, 0.717) is 28.7 Å². The summed E-state index contributed by atoms with van der Waals surface area (Å²) in [4.78, 5) is 28.4. The molecule has 0 atom stereocenters. The van der Waals surface area contributed by atoms with Gasteiger partial charge in [0, 0.05) is 6.54 Å². The zero-order chi connectivity index (χ0) is 15.9. The van der Waals surface area contributed by atoms with E-state index >= 15 is 0 Å². The van der Waals surface area contributed by atoms with Crippen LogP contribution in [0.3, 0.4) is 0 Å². The Balaban J connectivity index is 1.92. The summed E-state index contributed by atoms with van der Waals surface area (Å²) >= 11 is 1.21. The summed E-state index contributed by atoms with van der Waals surface area (Å²) in [6, 6.07) is 9.69. The normalized spacial score (nSPS) is 10.3. The molecule has 22 heavy (non-hydrogen) atoms. The highest BCUT2D eigenvalue weighted by Crippen LogP contribution is 2.19. The second-order valence-corrected chi connectivity index (χ2v) is 5.77. The van der Waals surface area contributed by atoms with Gasteiger partial charge in [-0.25, -0.2) is 9.78 Å². The van der Waals surface area contributed by atoms with Crippen LogP contribution >= 0.6 is 11.3 Å². The molecule has 6 heteroatoms. The third-order valence-electron chi connectivity index (χ3n) is 2.95. The lowest BCUT2D eigenvalue weighted by Crippen LogP contribution is -2.24. The van der Waals surface area contributed by atoms with Crippen molar-refractivity contribution in [2.24, 2.45) is 0 Å². The molecule has 0 spiro atoms. The first-order valence-electron chi connectivity index (χ1n) is 7.04. The summed E-state index contributed by atoms with van der Waals surface area (Å²) in [6.45, 7) is 4.30. The van der Waals surface area contributed by atoms with Crippen LogP contribution < -0.4 is 5.32 Å². The van der Waals surface area contributed by atoms with Crippen LogP contribution in [0.25, 0.3) is 0 Å². The van der Waals surface area contributed by atoms with E-state index in [1.807, 2.05) is 30.3 Å². The standard InChI is InChI=1S/C16H18N2O3S/c1-3-21-16(20)15-11(2)18-14(22-15)9-13(19)17-10-12-7-5-4-6-8-12/h4-8H,3,9-10H2,1-2H3,(H,17,19). The molecule has 0 unspecified atom stereocenters. The average molecular weight is 318 g/mol. The van der Waals surface area contributed by atoms with Crippen molar-refractivity contribution in [1.82, 2.24) is 10.3 Å². The van der Waals surface area contributed by atoms with Gasteiger partial charge in [-0.2, -0.15) is 0 Å². The summed E-state index contributed by atoms with van der Waals surface area (Å²) < 4.78 is 4.96. The SMILES string of the molecule is CCOC(=O)c1sc(CC(=O)NCc2ccccc2)nc1C. The maximum Gasteiger partial charge on any atom is 0.350 e. The Bertz CT molecular complexity index is 653. The van der Waals surface area contributed by atoms with Gasteiger partial charge in [0.25, 0.3) is 0 Å². The maximum atomic E-state index is 11.9. The Kier molecular flexibility index (Phi) is 5.66. The molecule has 1 aromatic heterocycles. The van der Waals surface area contributed by atoms with Crippen molar-refractivity contribution in [3.05, 3.63) is 51.5 Å². The molecule has 0 aliphatic rings. The fourth-order valence-corrected chi connectivity index (χ4v) is 2.87. The summed E-state index contributed by atoms with van der Waals surface area (Å²) in [5.74, 6) is -0.499. The summed E-state index contributed by atoms with van der Waals surface area (Å²) in [5, 5.41) is 3.46. The Morgan fingerprint density at radius 1 is 1.27 bits per heavy atom. The number of ether oxygens (including phenoxy) is 1. The molecule has 1 amide bonds. The number of aromatic nitrogens is 1. The van der Waals surface area contributed by atoms with E-state index in [1.54, 1.807) is 13.8 Å². The van der Waals surface area contributed by atoms with Crippen molar-refractivity contribution in [2.45, 2.75) is 26.8 Å². The van der Waals surface area contributed by atoms with Crippen LogP contribution in [0.4, 0.5) is 0 Å². The lowest BCUT2D eigenvalue weighted by Gasteiger charge is -2.03. The molecule has 0 saturated carbocycles. The maximum absolute atomic E-state index is 11.9. The van der Waals surface area contributed by atoms with Gasteiger partial charge in [-0.05, 0) is 19.4 Å². The number of hydrogen-bond acceptors (Lipinski definition) is 5. The van der Waals surface area contributed by atoms with E-state index in [4.69, 9.17) is 4.74 Å². The summed E-state index contributed by atoms with van der Waals surface area (Å²) in [5.41, 5.74) is 1.65. The van der Waals surface area contributed by atoms with Gasteiger partial charge in [0.2, 0.25) is 5.91 Å². The number of nitrogens with zero attached hydrogens (tertiary/aromatic N) is 1. The predicted molar refractivity (Wildman–Crippen MR) is 84.8 cm³/mol. The third kappa shape index (κ3) is 4.39. The number of esters is 1. The number of carbonyl (C=O) groups is 2. The molecule has 1 heterocycles. The fraction of sp³-hybridized carbons (Fsp3) is 0.312. The highest BCUT2D eigenvalue weighted by Gasteiger charge is 2.17. The minimum atomic E-state index is -0.381. The molecular weight excluding hydrogens is 300 g/mol. The molecule has 0 saturated heterocycles. The van der Waals surface area contributed by atoms with E-state index in [9.17, 15) is 9.59 Å². The molecule has 116 valence electrons. The second kappa shape index (κ2) is 7.70. The molecular formula is C16H18N2O3S. The van der Waals surface area contributed by atoms with Crippen molar-refractivity contribution < 1.29 is 14.3 Å². The van der Waals surface area contributed by atoms with E-state index in [1.165, 1.54) is 11.3 Å². The fourth-order valence-electron chi connectivity index (χ4n) is 1.91. The molecule has 2 rings (SSSR count). The first-order valence-corrected chi connectivity index (χ1v) is 7.86. The van der Waals surface area contributed by atoms with Gasteiger partial charge in [0.05, 0.1) is 18.7 Å².